The Hall–Kier alpha value is -2.12. The van der Waals surface area contributed by atoms with Crippen LogP contribution in [0.15, 0.2) is 28.9 Å². The first-order chi connectivity index (χ1) is 13.1. The van der Waals surface area contributed by atoms with Crippen LogP contribution in [0.2, 0.25) is 0 Å². The van der Waals surface area contributed by atoms with E-state index in [-0.39, 0.29) is 17.4 Å². The zero-order valence-electron chi connectivity index (χ0n) is 15.5. The number of nitrogens with one attached hydrogen (secondary N) is 1. The first-order valence-electron chi connectivity index (χ1n) is 9.51. The summed E-state index contributed by atoms with van der Waals surface area (Å²) in [5.41, 5.74) is 0.847. The summed E-state index contributed by atoms with van der Waals surface area (Å²) in [6.45, 7) is 4.63. The molecule has 0 saturated carbocycles. The Bertz CT molecular complexity index is 819. The Balaban J connectivity index is 1.50. The van der Waals surface area contributed by atoms with Crippen molar-refractivity contribution in [3.63, 3.8) is 0 Å². The van der Waals surface area contributed by atoms with Crippen LogP contribution in [0.4, 0.5) is 0 Å². The number of ether oxygens (including phenoxy) is 1. The molecule has 1 saturated heterocycles. The molecule has 0 bridgehead atoms. The van der Waals surface area contributed by atoms with Crippen LogP contribution in [-0.2, 0) is 16.8 Å². The topological polar surface area (TPSA) is 71.8 Å². The van der Waals surface area contributed by atoms with E-state index in [1.807, 2.05) is 17.9 Å². The molecule has 2 aromatic heterocycles. The van der Waals surface area contributed by atoms with Crippen LogP contribution >= 0.6 is 11.3 Å². The van der Waals surface area contributed by atoms with Crippen molar-refractivity contribution in [2.45, 2.75) is 38.2 Å². The average molecular weight is 388 g/mol. The van der Waals surface area contributed by atoms with E-state index in [0.29, 0.717) is 32.0 Å². The van der Waals surface area contributed by atoms with E-state index in [1.54, 1.807) is 23.5 Å². The molecule has 2 amide bonds. The number of rotatable bonds is 4. The Morgan fingerprint density at radius 3 is 2.85 bits per heavy atom. The van der Waals surface area contributed by atoms with Crippen LogP contribution in [0.25, 0.3) is 0 Å². The van der Waals surface area contributed by atoms with Gasteiger partial charge in [0.2, 0.25) is 0 Å². The van der Waals surface area contributed by atoms with Crippen LogP contribution in [0, 0.1) is 0 Å². The molecule has 0 atom stereocenters. The third kappa shape index (κ3) is 3.41. The number of likely N-dealkylation sites (tertiary alicyclic amines) is 1. The highest BCUT2D eigenvalue weighted by Crippen LogP contribution is 2.45. The molecule has 144 valence electrons. The smallest absolute Gasteiger partial charge is 0.289 e. The van der Waals surface area contributed by atoms with Crippen LogP contribution in [0.5, 0.6) is 0 Å². The van der Waals surface area contributed by atoms with E-state index in [0.717, 1.165) is 30.6 Å². The van der Waals surface area contributed by atoms with Gasteiger partial charge in [0, 0.05) is 24.5 Å². The molecule has 0 aromatic carbocycles. The maximum Gasteiger partial charge on any atom is 0.289 e. The van der Waals surface area contributed by atoms with E-state index < -0.39 is 0 Å². The third-order valence-electron chi connectivity index (χ3n) is 5.32. The van der Waals surface area contributed by atoms with Crippen LogP contribution in [0.3, 0.4) is 0 Å². The lowest BCUT2D eigenvalue weighted by Crippen LogP contribution is -2.47. The Labute approximate surface area is 162 Å². The number of thiophene rings is 1. The number of piperidine rings is 1. The van der Waals surface area contributed by atoms with E-state index in [1.165, 1.54) is 16.7 Å². The second-order valence-electron chi connectivity index (χ2n) is 7.08. The fourth-order valence-electron chi connectivity index (χ4n) is 3.86. The maximum absolute atomic E-state index is 12.5. The van der Waals surface area contributed by atoms with Gasteiger partial charge in [0.15, 0.2) is 5.76 Å². The normalized spacial score (nSPS) is 18.3. The van der Waals surface area contributed by atoms with Crippen LogP contribution < -0.4 is 5.32 Å². The van der Waals surface area contributed by atoms with Gasteiger partial charge in [0.05, 0.1) is 17.7 Å². The average Bonchev–Trinajstić information content (AvgIpc) is 3.37. The Kier molecular flexibility index (Phi) is 5.06. The highest BCUT2D eigenvalue weighted by Gasteiger charge is 2.43. The van der Waals surface area contributed by atoms with Crippen molar-refractivity contribution < 1.29 is 18.7 Å². The molecule has 1 spiro atoms. The summed E-state index contributed by atoms with van der Waals surface area (Å²) >= 11 is 1.55. The van der Waals surface area contributed by atoms with Gasteiger partial charge >= 0.3 is 0 Å². The minimum Gasteiger partial charge on any atom is -0.459 e. The lowest BCUT2D eigenvalue weighted by Gasteiger charge is -2.43. The molecule has 27 heavy (non-hydrogen) atoms. The van der Waals surface area contributed by atoms with E-state index in [9.17, 15) is 9.59 Å². The maximum atomic E-state index is 12.5. The molecular formula is C20H24N2O4S. The monoisotopic (exact) mass is 388 g/mol. The summed E-state index contributed by atoms with van der Waals surface area (Å²) in [5, 5.41) is 2.95. The Morgan fingerprint density at radius 1 is 1.33 bits per heavy atom. The standard InChI is InChI=1S/C20H24N2O4S/c1-2-8-21-18(23)16-13-14-5-12-26-20(17(14)27-16)6-9-22(10-7-20)19(24)15-4-3-11-25-15/h3-4,11,13H,2,5-10,12H2,1H3,(H,21,23). The first-order valence-corrected chi connectivity index (χ1v) is 10.3. The molecule has 4 rings (SSSR count). The number of nitrogens with zero attached hydrogens (tertiary/aromatic N) is 1. The number of carbonyl (C=O) groups is 2. The van der Waals surface area contributed by atoms with Crippen molar-refractivity contribution in [2.75, 3.05) is 26.2 Å². The molecule has 2 aromatic rings. The molecule has 6 nitrogen and oxygen atoms in total. The summed E-state index contributed by atoms with van der Waals surface area (Å²) in [4.78, 5) is 28.6. The number of furan rings is 1. The zero-order chi connectivity index (χ0) is 18.9. The molecule has 7 heteroatoms. The second-order valence-corrected chi connectivity index (χ2v) is 8.14. The van der Waals surface area contributed by atoms with Gasteiger partial charge in [-0.1, -0.05) is 6.92 Å². The van der Waals surface area contributed by atoms with Crippen molar-refractivity contribution in [3.8, 4) is 0 Å². The minimum absolute atomic E-state index is 0.00293. The fourth-order valence-corrected chi connectivity index (χ4v) is 5.19. The molecule has 2 aliphatic rings. The predicted octanol–water partition coefficient (Wildman–Crippen LogP) is 3.19. The summed E-state index contributed by atoms with van der Waals surface area (Å²) in [6.07, 6.45) is 4.75. The van der Waals surface area contributed by atoms with E-state index in [2.05, 4.69) is 5.32 Å². The largest absolute Gasteiger partial charge is 0.459 e. The van der Waals surface area contributed by atoms with Crippen molar-refractivity contribution >= 4 is 23.2 Å². The number of hydrogen-bond acceptors (Lipinski definition) is 5. The van der Waals surface area contributed by atoms with Gasteiger partial charge in [-0.25, -0.2) is 0 Å². The second kappa shape index (κ2) is 7.48. The molecule has 4 heterocycles. The van der Waals surface area contributed by atoms with Gasteiger partial charge in [-0.3, -0.25) is 9.59 Å². The van der Waals surface area contributed by atoms with Gasteiger partial charge in [-0.05, 0) is 49.4 Å². The predicted molar refractivity (Wildman–Crippen MR) is 102 cm³/mol. The van der Waals surface area contributed by atoms with Crippen molar-refractivity contribution in [2.24, 2.45) is 0 Å². The number of amides is 2. The van der Waals surface area contributed by atoms with Crippen molar-refractivity contribution in [3.05, 3.63) is 45.5 Å². The van der Waals surface area contributed by atoms with Gasteiger partial charge in [-0.15, -0.1) is 11.3 Å². The zero-order valence-corrected chi connectivity index (χ0v) is 16.3. The van der Waals surface area contributed by atoms with Crippen molar-refractivity contribution in [1.82, 2.24) is 10.2 Å². The Morgan fingerprint density at radius 2 is 2.15 bits per heavy atom. The number of hydrogen-bond donors (Lipinski definition) is 1. The third-order valence-corrected chi connectivity index (χ3v) is 6.68. The molecule has 0 radical (unpaired) electrons. The van der Waals surface area contributed by atoms with Crippen LogP contribution in [0.1, 0.15) is 56.9 Å². The van der Waals surface area contributed by atoms with Gasteiger partial charge < -0.3 is 19.4 Å². The molecule has 1 fully saturated rings. The number of carbonyl (C=O) groups excluding carboxylic acids is 2. The highest BCUT2D eigenvalue weighted by atomic mass is 32.1. The fraction of sp³-hybridized carbons (Fsp3) is 0.500. The van der Waals surface area contributed by atoms with Gasteiger partial charge in [0.25, 0.3) is 11.8 Å². The van der Waals surface area contributed by atoms with E-state index >= 15 is 0 Å². The number of fused-ring (bicyclic) bond motifs is 2. The summed E-state index contributed by atoms with van der Waals surface area (Å²) in [7, 11) is 0. The molecule has 0 aliphatic carbocycles. The minimum atomic E-state index is -0.374. The summed E-state index contributed by atoms with van der Waals surface area (Å²) in [5.74, 6) is 0.302. The lowest BCUT2D eigenvalue weighted by atomic mass is 9.85. The molecule has 0 unspecified atom stereocenters. The van der Waals surface area contributed by atoms with Gasteiger partial charge in [-0.2, -0.15) is 0 Å². The summed E-state index contributed by atoms with van der Waals surface area (Å²) < 4.78 is 11.5. The van der Waals surface area contributed by atoms with Gasteiger partial charge in [0.1, 0.15) is 5.60 Å². The molecule has 2 aliphatic heterocycles. The SMILES string of the molecule is CCCNC(=O)c1cc2c(s1)C1(CCN(C(=O)c3ccco3)CC1)OCC2. The van der Waals surface area contributed by atoms with E-state index in [4.69, 9.17) is 9.15 Å². The quantitative estimate of drug-likeness (QED) is 0.873. The molecular weight excluding hydrogens is 364 g/mol. The van der Waals surface area contributed by atoms with Crippen LogP contribution in [-0.4, -0.2) is 43.0 Å². The summed E-state index contributed by atoms with van der Waals surface area (Å²) in [6, 6.07) is 5.45. The lowest BCUT2D eigenvalue weighted by molar-refractivity contribution is -0.0908. The van der Waals surface area contributed by atoms with Crippen molar-refractivity contribution in [1.29, 1.82) is 0 Å². The molecule has 1 N–H and O–H groups in total. The first kappa shape index (κ1) is 18.3. The highest BCUT2D eigenvalue weighted by molar-refractivity contribution is 7.14.